The first-order valence-electron chi connectivity index (χ1n) is 6.68. The van der Waals surface area contributed by atoms with Gasteiger partial charge in [-0.05, 0) is 13.1 Å². The van der Waals surface area contributed by atoms with E-state index >= 15 is 0 Å². The molecule has 2 rings (SSSR count). The summed E-state index contributed by atoms with van der Waals surface area (Å²) >= 11 is 13.7. The molecule has 22 heavy (non-hydrogen) atoms. The van der Waals surface area contributed by atoms with E-state index in [0.717, 1.165) is 5.01 Å². The molecular formula is C15H16Cl2N2O2S. The van der Waals surface area contributed by atoms with Crippen LogP contribution < -0.4 is 0 Å². The lowest BCUT2D eigenvalue weighted by Gasteiger charge is -2.27. The Morgan fingerprint density at radius 1 is 1.45 bits per heavy atom. The van der Waals surface area contributed by atoms with Gasteiger partial charge in [0.2, 0.25) is 0 Å². The molecule has 0 spiro atoms. The minimum Gasteiger partial charge on any atom is -0.480 e. The molecule has 0 bridgehead atoms. The van der Waals surface area contributed by atoms with E-state index in [9.17, 15) is 9.90 Å². The molecule has 1 heterocycles. The molecule has 7 heteroatoms. The molecule has 0 fully saturated rings. The van der Waals surface area contributed by atoms with Crippen LogP contribution in [0.25, 0.3) is 0 Å². The van der Waals surface area contributed by atoms with E-state index in [1.165, 1.54) is 0 Å². The number of aromatic nitrogens is 1. The van der Waals surface area contributed by atoms with Crippen molar-refractivity contribution in [3.63, 3.8) is 0 Å². The summed E-state index contributed by atoms with van der Waals surface area (Å²) in [7, 11) is 1.76. The van der Waals surface area contributed by atoms with Crippen molar-refractivity contribution >= 4 is 40.5 Å². The van der Waals surface area contributed by atoms with Crippen LogP contribution in [0.1, 0.15) is 29.5 Å². The quantitative estimate of drug-likeness (QED) is 0.835. The smallest absolute Gasteiger partial charge is 0.325 e. The van der Waals surface area contributed by atoms with Gasteiger partial charge in [-0.1, -0.05) is 42.3 Å². The highest BCUT2D eigenvalue weighted by molar-refractivity contribution is 7.09. The molecule has 1 aromatic carbocycles. The number of hydrogen-bond acceptors (Lipinski definition) is 4. The first-order chi connectivity index (χ1) is 10.4. The van der Waals surface area contributed by atoms with Crippen LogP contribution in [0.15, 0.2) is 29.8 Å². The second-order valence-electron chi connectivity index (χ2n) is 5.09. The zero-order valence-corrected chi connectivity index (χ0v) is 14.5. The van der Waals surface area contributed by atoms with Crippen LogP contribution in [0.4, 0.5) is 0 Å². The van der Waals surface area contributed by atoms with Gasteiger partial charge in [-0.15, -0.1) is 11.3 Å². The van der Waals surface area contributed by atoms with Gasteiger partial charge in [-0.25, -0.2) is 4.98 Å². The van der Waals surface area contributed by atoms with Gasteiger partial charge < -0.3 is 5.11 Å². The molecule has 0 aliphatic rings. The molecule has 2 aromatic rings. The van der Waals surface area contributed by atoms with Crippen molar-refractivity contribution in [1.29, 1.82) is 0 Å². The number of carboxylic acid groups (broad SMARTS) is 1. The molecule has 1 aromatic heterocycles. The van der Waals surface area contributed by atoms with Gasteiger partial charge >= 0.3 is 5.97 Å². The van der Waals surface area contributed by atoms with Crippen molar-refractivity contribution in [2.24, 2.45) is 0 Å². The lowest BCUT2D eigenvalue weighted by Crippen LogP contribution is -2.33. The molecule has 0 saturated carbocycles. The zero-order chi connectivity index (χ0) is 16.3. The van der Waals surface area contributed by atoms with E-state index in [2.05, 4.69) is 4.98 Å². The van der Waals surface area contributed by atoms with Crippen molar-refractivity contribution in [2.45, 2.75) is 18.9 Å². The molecule has 0 aliphatic carbocycles. The first-order valence-corrected chi connectivity index (χ1v) is 8.31. The monoisotopic (exact) mass is 358 g/mol. The van der Waals surface area contributed by atoms with E-state index in [0.29, 0.717) is 17.1 Å². The summed E-state index contributed by atoms with van der Waals surface area (Å²) in [6, 6.07) is 4.19. The fourth-order valence-corrected chi connectivity index (χ4v) is 3.48. The first kappa shape index (κ1) is 17.2. The average Bonchev–Trinajstić information content (AvgIpc) is 2.97. The summed E-state index contributed by atoms with van der Waals surface area (Å²) in [5.41, 5.74) is 0.496. The van der Waals surface area contributed by atoms with Crippen LogP contribution in [0.3, 0.4) is 0 Å². The minimum atomic E-state index is -0.960. The molecule has 1 N–H and O–H groups in total. The van der Waals surface area contributed by atoms with Crippen LogP contribution in [0.5, 0.6) is 0 Å². The Labute approximate surface area is 143 Å². The van der Waals surface area contributed by atoms with Crippen LogP contribution in [-0.4, -0.2) is 34.6 Å². The highest BCUT2D eigenvalue weighted by atomic mass is 35.5. The van der Waals surface area contributed by atoms with E-state index < -0.39 is 12.0 Å². The van der Waals surface area contributed by atoms with Gasteiger partial charge in [-0.2, -0.15) is 0 Å². The van der Waals surface area contributed by atoms with E-state index in [1.807, 2.05) is 12.3 Å². The average molecular weight is 359 g/mol. The van der Waals surface area contributed by atoms with Crippen molar-refractivity contribution in [3.05, 3.63) is 50.4 Å². The Kier molecular flexibility index (Phi) is 5.81. The normalized spacial score (nSPS) is 14.0. The van der Waals surface area contributed by atoms with Gasteiger partial charge in [0.15, 0.2) is 0 Å². The SMILES string of the molecule is CC(CN(C)C(C(=O)O)c1cccc(Cl)c1Cl)c1nccs1. The van der Waals surface area contributed by atoms with Crippen molar-refractivity contribution in [1.82, 2.24) is 9.88 Å². The van der Waals surface area contributed by atoms with Crippen molar-refractivity contribution < 1.29 is 9.90 Å². The van der Waals surface area contributed by atoms with E-state index in [4.69, 9.17) is 23.2 Å². The number of nitrogens with zero attached hydrogens (tertiary/aromatic N) is 2. The molecule has 4 nitrogen and oxygen atoms in total. The van der Waals surface area contributed by atoms with Crippen LogP contribution in [0, 0.1) is 0 Å². The van der Waals surface area contributed by atoms with Gasteiger partial charge in [0.05, 0.1) is 15.1 Å². The molecule has 2 atom stereocenters. The third-order valence-electron chi connectivity index (χ3n) is 3.39. The van der Waals surface area contributed by atoms with Crippen LogP contribution >= 0.6 is 34.5 Å². The van der Waals surface area contributed by atoms with Crippen LogP contribution in [-0.2, 0) is 4.79 Å². The predicted molar refractivity (Wildman–Crippen MR) is 90.0 cm³/mol. The second-order valence-corrected chi connectivity index (χ2v) is 6.81. The number of rotatable bonds is 6. The summed E-state index contributed by atoms with van der Waals surface area (Å²) in [5, 5.41) is 13.1. The summed E-state index contributed by atoms with van der Waals surface area (Å²) in [4.78, 5) is 17.7. The standard InChI is InChI=1S/C15H16Cl2N2O2S/c1-9(14-18-6-7-22-14)8-19(2)13(15(20)21)10-4-3-5-11(16)12(10)17/h3-7,9,13H,8H2,1-2H3,(H,20,21). The Bertz CT molecular complexity index is 649. The zero-order valence-electron chi connectivity index (χ0n) is 12.2. The summed E-state index contributed by atoms with van der Waals surface area (Å²) in [6.07, 6.45) is 1.75. The maximum Gasteiger partial charge on any atom is 0.325 e. The number of likely N-dealkylation sites (N-methyl/N-ethyl adjacent to an activating group) is 1. The maximum atomic E-state index is 11.7. The van der Waals surface area contributed by atoms with Crippen molar-refractivity contribution in [2.75, 3.05) is 13.6 Å². The molecule has 0 saturated heterocycles. The Morgan fingerprint density at radius 3 is 2.77 bits per heavy atom. The molecule has 0 aliphatic heterocycles. The number of halogens is 2. The van der Waals surface area contributed by atoms with Gasteiger partial charge in [0, 0.05) is 29.6 Å². The Hall–Kier alpha value is -1.14. The third kappa shape index (κ3) is 3.79. The molecule has 0 amide bonds. The topological polar surface area (TPSA) is 53.4 Å². The maximum absolute atomic E-state index is 11.7. The van der Waals surface area contributed by atoms with Crippen molar-refractivity contribution in [3.8, 4) is 0 Å². The summed E-state index contributed by atoms with van der Waals surface area (Å²) < 4.78 is 0. The number of thiazole rings is 1. The number of benzene rings is 1. The minimum absolute atomic E-state index is 0.129. The summed E-state index contributed by atoms with van der Waals surface area (Å²) in [6.45, 7) is 2.57. The number of carbonyl (C=O) groups is 1. The van der Waals surface area contributed by atoms with Gasteiger partial charge in [0.25, 0.3) is 0 Å². The second kappa shape index (κ2) is 7.42. The van der Waals surface area contributed by atoms with Gasteiger partial charge in [0.1, 0.15) is 6.04 Å². The molecule has 0 radical (unpaired) electrons. The highest BCUT2D eigenvalue weighted by Crippen LogP contribution is 2.33. The van der Waals surface area contributed by atoms with E-state index in [1.54, 1.807) is 47.7 Å². The molecule has 2 unspecified atom stereocenters. The fraction of sp³-hybridized carbons (Fsp3) is 0.333. The lowest BCUT2D eigenvalue weighted by molar-refractivity contribution is -0.143. The van der Waals surface area contributed by atoms with E-state index in [-0.39, 0.29) is 10.9 Å². The fourth-order valence-electron chi connectivity index (χ4n) is 2.38. The number of aliphatic carboxylic acids is 1. The number of carboxylic acids is 1. The van der Waals surface area contributed by atoms with Crippen LogP contribution in [0.2, 0.25) is 10.0 Å². The third-order valence-corrected chi connectivity index (χ3v) is 5.23. The Balaban J connectivity index is 2.24. The number of hydrogen-bond donors (Lipinski definition) is 1. The highest BCUT2D eigenvalue weighted by Gasteiger charge is 2.29. The Morgan fingerprint density at radius 2 is 2.18 bits per heavy atom. The van der Waals surface area contributed by atoms with Gasteiger partial charge in [-0.3, -0.25) is 9.69 Å². The molecule has 118 valence electrons. The predicted octanol–water partition coefficient (Wildman–Crippen LogP) is 4.31. The largest absolute Gasteiger partial charge is 0.480 e. The summed E-state index contributed by atoms with van der Waals surface area (Å²) in [5.74, 6) is -0.831. The lowest BCUT2D eigenvalue weighted by atomic mass is 10.0. The molecular weight excluding hydrogens is 343 g/mol.